The largest absolute Gasteiger partial charge is 0.484 e. The predicted molar refractivity (Wildman–Crippen MR) is 116 cm³/mol. The van der Waals surface area contributed by atoms with E-state index < -0.39 is 0 Å². The number of nitrogens with one attached hydrogen (secondary N) is 1. The zero-order valence-electron chi connectivity index (χ0n) is 18.0. The van der Waals surface area contributed by atoms with E-state index in [1.165, 1.54) is 6.26 Å². The van der Waals surface area contributed by atoms with Gasteiger partial charge in [0.15, 0.2) is 12.4 Å². The summed E-state index contributed by atoms with van der Waals surface area (Å²) in [5.74, 6) is 0.413. The predicted octanol–water partition coefficient (Wildman–Crippen LogP) is 3.49. The summed E-state index contributed by atoms with van der Waals surface area (Å²) in [6.07, 6.45) is 2.60. The SMILES string of the molecule is CC(C)(C)CCN1CCN(C(=O)COc2cccc(NC(=O)c3ccco3)c2)CC1. The number of amides is 2. The maximum Gasteiger partial charge on any atom is 0.291 e. The van der Waals surface area contributed by atoms with E-state index in [0.29, 0.717) is 16.9 Å². The lowest BCUT2D eigenvalue weighted by atomic mass is 9.92. The van der Waals surface area contributed by atoms with E-state index in [0.717, 1.165) is 39.1 Å². The number of ether oxygens (including phenoxy) is 1. The average Bonchev–Trinajstić information content (AvgIpc) is 3.26. The molecule has 0 spiro atoms. The number of rotatable bonds is 7. The van der Waals surface area contributed by atoms with Crippen molar-refractivity contribution in [2.24, 2.45) is 5.41 Å². The van der Waals surface area contributed by atoms with Gasteiger partial charge >= 0.3 is 0 Å². The summed E-state index contributed by atoms with van der Waals surface area (Å²) in [5.41, 5.74) is 0.904. The zero-order chi connectivity index (χ0) is 21.6. The number of nitrogens with zero attached hydrogens (tertiary/aromatic N) is 2. The Kier molecular flexibility index (Phi) is 7.15. The molecule has 7 nitrogen and oxygen atoms in total. The Hall–Kier alpha value is -2.80. The van der Waals surface area contributed by atoms with Crippen LogP contribution < -0.4 is 10.1 Å². The van der Waals surface area contributed by atoms with Crippen molar-refractivity contribution in [2.45, 2.75) is 27.2 Å². The van der Waals surface area contributed by atoms with Crippen LogP contribution in [0.15, 0.2) is 47.1 Å². The Bertz CT molecular complexity index is 834. The van der Waals surface area contributed by atoms with Crippen molar-refractivity contribution in [1.82, 2.24) is 9.80 Å². The van der Waals surface area contributed by atoms with Crippen molar-refractivity contribution in [3.05, 3.63) is 48.4 Å². The normalized spacial score (nSPS) is 15.1. The maximum absolute atomic E-state index is 12.5. The highest BCUT2D eigenvalue weighted by Crippen LogP contribution is 2.20. The van der Waals surface area contributed by atoms with Crippen LogP contribution in [0.2, 0.25) is 0 Å². The first-order chi connectivity index (χ1) is 14.3. The standard InChI is InChI=1S/C23H31N3O4/c1-23(2,3)9-10-25-11-13-26(14-12-25)21(27)17-30-19-7-4-6-18(16-19)24-22(28)20-8-5-15-29-20/h4-8,15-16H,9-14,17H2,1-3H3,(H,24,28). The molecule has 2 aromatic rings. The number of hydrogen-bond donors (Lipinski definition) is 1. The number of anilines is 1. The monoisotopic (exact) mass is 413 g/mol. The number of hydrogen-bond acceptors (Lipinski definition) is 5. The summed E-state index contributed by atoms with van der Waals surface area (Å²) in [5, 5.41) is 2.75. The first-order valence-electron chi connectivity index (χ1n) is 10.4. The first kappa shape index (κ1) is 21.9. The van der Waals surface area contributed by atoms with Gasteiger partial charge in [0, 0.05) is 37.9 Å². The molecule has 7 heteroatoms. The van der Waals surface area contributed by atoms with Crippen molar-refractivity contribution in [3.8, 4) is 5.75 Å². The lowest BCUT2D eigenvalue weighted by molar-refractivity contribution is -0.135. The lowest BCUT2D eigenvalue weighted by Crippen LogP contribution is -2.50. The third-order valence-corrected chi connectivity index (χ3v) is 5.10. The molecule has 162 valence electrons. The molecule has 2 heterocycles. The highest BCUT2D eigenvalue weighted by molar-refractivity contribution is 6.02. The summed E-state index contributed by atoms with van der Waals surface area (Å²) in [4.78, 5) is 28.9. The zero-order valence-corrected chi connectivity index (χ0v) is 18.0. The van der Waals surface area contributed by atoms with E-state index in [1.54, 1.807) is 36.4 Å². The quantitative estimate of drug-likeness (QED) is 0.752. The van der Waals surface area contributed by atoms with Gasteiger partial charge in [-0.3, -0.25) is 14.5 Å². The van der Waals surface area contributed by atoms with Crippen LogP contribution in [-0.4, -0.2) is 60.9 Å². The molecule has 1 aliphatic rings. The van der Waals surface area contributed by atoms with Gasteiger partial charge in [-0.25, -0.2) is 0 Å². The van der Waals surface area contributed by atoms with Crippen molar-refractivity contribution in [3.63, 3.8) is 0 Å². The van der Waals surface area contributed by atoms with Gasteiger partial charge < -0.3 is 19.4 Å². The smallest absolute Gasteiger partial charge is 0.291 e. The Balaban J connectivity index is 1.43. The fraction of sp³-hybridized carbons (Fsp3) is 0.478. The van der Waals surface area contributed by atoms with E-state index in [2.05, 4.69) is 31.0 Å². The Labute approximate surface area is 178 Å². The molecule has 3 rings (SSSR count). The molecule has 30 heavy (non-hydrogen) atoms. The van der Waals surface area contributed by atoms with Crippen LogP contribution in [0.3, 0.4) is 0 Å². The lowest BCUT2D eigenvalue weighted by Gasteiger charge is -2.35. The van der Waals surface area contributed by atoms with E-state index in [4.69, 9.17) is 9.15 Å². The molecule has 0 aliphatic carbocycles. The Morgan fingerprint density at radius 3 is 2.53 bits per heavy atom. The molecule has 0 atom stereocenters. The van der Waals surface area contributed by atoms with Crippen molar-refractivity contribution in [1.29, 1.82) is 0 Å². The summed E-state index contributed by atoms with van der Waals surface area (Å²) >= 11 is 0. The van der Waals surface area contributed by atoms with Crippen LogP contribution in [0, 0.1) is 5.41 Å². The molecule has 1 aromatic heterocycles. The van der Waals surface area contributed by atoms with Crippen molar-refractivity contribution < 1.29 is 18.7 Å². The third-order valence-electron chi connectivity index (χ3n) is 5.10. The maximum atomic E-state index is 12.5. The number of piperazine rings is 1. The third kappa shape index (κ3) is 6.62. The second-order valence-corrected chi connectivity index (χ2v) is 8.78. The van der Waals surface area contributed by atoms with Gasteiger partial charge in [-0.1, -0.05) is 26.8 Å². The molecule has 0 unspecified atom stereocenters. The van der Waals surface area contributed by atoms with E-state index in [-0.39, 0.29) is 24.2 Å². The molecule has 1 aromatic carbocycles. The van der Waals surface area contributed by atoms with Gasteiger partial charge in [-0.05, 0) is 42.6 Å². The van der Waals surface area contributed by atoms with Gasteiger partial charge in [0.25, 0.3) is 11.8 Å². The molecule has 2 amide bonds. The van der Waals surface area contributed by atoms with Gasteiger partial charge in [0.05, 0.1) is 6.26 Å². The summed E-state index contributed by atoms with van der Waals surface area (Å²) in [6.45, 7) is 11.1. The minimum absolute atomic E-state index is 0.0163. The van der Waals surface area contributed by atoms with Crippen molar-refractivity contribution in [2.75, 3.05) is 44.6 Å². The van der Waals surface area contributed by atoms with Crippen LogP contribution in [0.4, 0.5) is 5.69 Å². The first-order valence-corrected chi connectivity index (χ1v) is 10.4. The van der Waals surface area contributed by atoms with Crippen molar-refractivity contribution >= 4 is 17.5 Å². The molecule has 0 radical (unpaired) electrons. The minimum atomic E-state index is -0.336. The van der Waals surface area contributed by atoms with Crippen LogP contribution in [0.5, 0.6) is 5.75 Å². The summed E-state index contributed by atoms with van der Waals surface area (Å²) < 4.78 is 10.8. The molecule has 1 fully saturated rings. The Morgan fingerprint density at radius 1 is 1.10 bits per heavy atom. The number of carbonyl (C=O) groups is 2. The molecule has 1 N–H and O–H groups in total. The highest BCUT2D eigenvalue weighted by atomic mass is 16.5. The molecule has 0 bridgehead atoms. The molecular formula is C23H31N3O4. The van der Waals surface area contributed by atoms with Gasteiger partial charge in [0.2, 0.25) is 0 Å². The van der Waals surface area contributed by atoms with Gasteiger partial charge in [0.1, 0.15) is 5.75 Å². The second-order valence-electron chi connectivity index (χ2n) is 8.78. The van der Waals surface area contributed by atoms with E-state index in [1.807, 2.05) is 4.90 Å². The van der Waals surface area contributed by atoms with Crippen LogP contribution in [0.1, 0.15) is 37.7 Å². The number of benzene rings is 1. The highest BCUT2D eigenvalue weighted by Gasteiger charge is 2.22. The van der Waals surface area contributed by atoms with E-state index in [9.17, 15) is 9.59 Å². The van der Waals surface area contributed by atoms with Crippen LogP contribution in [0.25, 0.3) is 0 Å². The number of furan rings is 1. The topological polar surface area (TPSA) is 75.0 Å². The molecule has 0 saturated carbocycles. The minimum Gasteiger partial charge on any atom is -0.484 e. The second kappa shape index (κ2) is 9.80. The average molecular weight is 414 g/mol. The Morgan fingerprint density at radius 2 is 1.87 bits per heavy atom. The van der Waals surface area contributed by atoms with Gasteiger partial charge in [-0.2, -0.15) is 0 Å². The summed E-state index contributed by atoms with van der Waals surface area (Å²) in [7, 11) is 0. The molecular weight excluding hydrogens is 382 g/mol. The molecule has 1 aliphatic heterocycles. The fourth-order valence-electron chi connectivity index (χ4n) is 3.21. The van der Waals surface area contributed by atoms with Crippen LogP contribution in [-0.2, 0) is 4.79 Å². The van der Waals surface area contributed by atoms with E-state index >= 15 is 0 Å². The summed E-state index contributed by atoms with van der Waals surface area (Å²) in [6, 6.07) is 10.2. The fourth-order valence-corrected chi connectivity index (χ4v) is 3.21. The van der Waals surface area contributed by atoms with Gasteiger partial charge in [-0.15, -0.1) is 0 Å². The van der Waals surface area contributed by atoms with Crippen LogP contribution >= 0.6 is 0 Å². The number of carbonyl (C=O) groups excluding carboxylic acids is 2. The molecule has 1 saturated heterocycles.